The number of aryl methyl sites for hydroxylation is 1. The van der Waals surface area contributed by atoms with Crippen LogP contribution < -0.4 is 0 Å². The molecule has 66 valence electrons. The van der Waals surface area contributed by atoms with Crippen molar-refractivity contribution in [3.05, 3.63) is 28.8 Å². The van der Waals surface area contributed by atoms with E-state index < -0.39 is 11.1 Å². The number of hydrogen-bond donors (Lipinski definition) is 0. The van der Waals surface area contributed by atoms with Crippen LogP contribution in [0.2, 0.25) is 0 Å². The fraction of sp³-hybridized carbons (Fsp3) is 0.333. The van der Waals surface area contributed by atoms with Gasteiger partial charge in [0.05, 0.1) is 0 Å². The first-order valence-electron chi connectivity index (χ1n) is 3.70. The molecule has 0 bridgehead atoms. The first kappa shape index (κ1) is 9.42. The summed E-state index contributed by atoms with van der Waals surface area (Å²) in [5.41, 5.74) is 3.03. The molecule has 1 unspecified atom stereocenters. The minimum absolute atomic E-state index is 0.401. The quantitative estimate of drug-likeness (QED) is 0.623. The monoisotopic (exact) mass is 183 g/mol. The molecular weight excluding hydrogens is 172 g/mol. The van der Waals surface area contributed by atoms with Crippen LogP contribution in [0.25, 0.3) is 0 Å². The van der Waals surface area contributed by atoms with Gasteiger partial charge >= 0.3 is 0 Å². The van der Waals surface area contributed by atoms with E-state index in [1.54, 1.807) is 6.07 Å². The van der Waals surface area contributed by atoms with Crippen LogP contribution in [0, 0.1) is 20.8 Å². The zero-order chi connectivity index (χ0) is 9.30. The molecule has 0 spiro atoms. The van der Waals surface area contributed by atoms with Crippen molar-refractivity contribution in [2.75, 3.05) is 0 Å². The van der Waals surface area contributed by atoms with Crippen molar-refractivity contribution < 1.29 is 8.76 Å². The molecule has 1 aromatic rings. The lowest BCUT2D eigenvalue weighted by Crippen LogP contribution is -1.96. The molecule has 0 aromatic heterocycles. The maximum atomic E-state index is 10.7. The van der Waals surface area contributed by atoms with Crippen molar-refractivity contribution in [1.82, 2.24) is 0 Å². The van der Waals surface area contributed by atoms with Crippen molar-refractivity contribution in [3.8, 4) is 0 Å². The fourth-order valence-electron chi connectivity index (χ4n) is 1.11. The van der Waals surface area contributed by atoms with Gasteiger partial charge in [-0.25, -0.2) is 0 Å². The smallest absolute Gasteiger partial charge is 0.0280 e. The van der Waals surface area contributed by atoms with Gasteiger partial charge in [-0.3, -0.25) is 4.21 Å². The highest BCUT2D eigenvalue weighted by atomic mass is 32.2. The summed E-state index contributed by atoms with van der Waals surface area (Å²) in [4.78, 5) is 0.401. The first-order valence-corrected chi connectivity index (χ1v) is 4.77. The Balaban J connectivity index is 3.36. The van der Waals surface area contributed by atoms with E-state index >= 15 is 0 Å². The molecule has 0 aliphatic heterocycles. The fourth-order valence-corrected chi connectivity index (χ4v) is 1.69. The van der Waals surface area contributed by atoms with Crippen molar-refractivity contribution in [1.29, 1.82) is 0 Å². The molecule has 3 heteroatoms. The number of rotatable bonds is 1. The molecule has 0 aliphatic carbocycles. The average molecular weight is 183 g/mol. The van der Waals surface area contributed by atoms with Crippen LogP contribution in [0.15, 0.2) is 17.0 Å². The lowest BCUT2D eigenvalue weighted by Gasteiger charge is -2.12. The van der Waals surface area contributed by atoms with Crippen LogP contribution in [0.1, 0.15) is 16.7 Å². The summed E-state index contributed by atoms with van der Waals surface area (Å²) >= 11 is -2.11. The molecule has 1 atom stereocenters. The second-order valence-electron chi connectivity index (χ2n) is 2.87. The van der Waals surface area contributed by atoms with Gasteiger partial charge in [-0.2, -0.15) is 0 Å². The van der Waals surface area contributed by atoms with Crippen LogP contribution >= 0.6 is 0 Å². The van der Waals surface area contributed by atoms with Crippen LogP contribution in [0.3, 0.4) is 0 Å². The van der Waals surface area contributed by atoms with Crippen LogP contribution in [0.4, 0.5) is 0 Å². The molecule has 2 nitrogen and oxygen atoms in total. The number of hydrogen-bond acceptors (Lipinski definition) is 2. The molecule has 12 heavy (non-hydrogen) atoms. The van der Waals surface area contributed by atoms with Gasteiger partial charge < -0.3 is 4.55 Å². The van der Waals surface area contributed by atoms with Gasteiger partial charge in [0.1, 0.15) is 0 Å². The third-order valence-corrected chi connectivity index (χ3v) is 2.99. The summed E-state index contributed by atoms with van der Waals surface area (Å²) < 4.78 is 21.4. The summed E-state index contributed by atoms with van der Waals surface area (Å²) in [6, 6.07) is 3.47. The van der Waals surface area contributed by atoms with Crippen LogP contribution in [-0.2, 0) is 11.1 Å². The summed E-state index contributed by atoms with van der Waals surface area (Å²) in [5, 5.41) is 0. The normalized spacial score (nSPS) is 13.0. The lowest BCUT2D eigenvalue weighted by molar-refractivity contribution is 0.536. The Kier molecular flexibility index (Phi) is 2.65. The summed E-state index contributed by atoms with van der Waals surface area (Å²) in [5.74, 6) is 0. The largest absolute Gasteiger partial charge is 0.768 e. The van der Waals surface area contributed by atoms with Gasteiger partial charge in [-0.15, -0.1) is 0 Å². The van der Waals surface area contributed by atoms with E-state index in [-0.39, 0.29) is 0 Å². The Hall–Kier alpha value is -0.670. The van der Waals surface area contributed by atoms with E-state index in [0.717, 1.165) is 16.7 Å². The highest BCUT2D eigenvalue weighted by molar-refractivity contribution is 7.79. The Morgan fingerprint density at radius 1 is 1.17 bits per heavy atom. The number of benzene rings is 1. The molecule has 0 saturated heterocycles. The molecule has 1 rings (SSSR count). The summed E-state index contributed by atoms with van der Waals surface area (Å²) in [6.07, 6.45) is 0. The van der Waals surface area contributed by atoms with E-state index in [9.17, 15) is 8.76 Å². The van der Waals surface area contributed by atoms with E-state index in [1.165, 1.54) is 0 Å². The van der Waals surface area contributed by atoms with Crippen molar-refractivity contribution in [2.24, 2.45) is 0 Å². The molecular formula is C9H11O2S-. The van der Waals surface area contributed by atoms with E-state index in [0.29, 0.717) is 4.90 Å². The third-order valence-electron chi connectivity index (χ3n) is 2.19. The van der Waals surface area contributed by atoms with Gasteiger partial charge in [0.2, 0.25) is 0 Å². The van der Waals surface area contributed by atoms with Crippen molar-refractivity contribution >= 4 is 11.1 Å². The average Bonchev–Trinajstić information content (AvgIpc) is 2.00. The zero-order valence-corrected chi connectivity index (χ0v) is 8.20. The van der Waals surface area contributed by atoms with Gasteiger partial charge in [0, 0.05) is 4.90 Å². The topological polar surface area (TPSA) is 40.1 Å². The van der Waals surface area contributed by atoms with E-state index in [2.05, 4.69) is 0 Å². The van der Waals surface area contributed by atoms with E-state index in [1.807, 2.05) is 26.8 Å². The molecule has 0 amide bonds. The van der Waals surface area contributed by atoms with Gasteiger partial charge in [0.25, 0.3) is 0 Å². The molecule has 0 radical (unpaired) electrons. The SMILES string of the molecule is Cc1ccc(S(=O)[O-])c(C)c1C. The molecule has 0 saturated carbocycles. The predicted octanol–water partition coefficient (Wildman–Crippen LogP) is 1.85. The lowest BCUT2D eigenvalue weighted by atomic mass is 10.1. The predicted molar refractivity (Wildman–Crippen MR) is 47.8 cm³/mol. The van der Waals surface area contributed by atoms with Gasteiger partial charge in [0.15, 0.2) is 0 Å². The molecule has 1 aromatic carbocycles. The maximum absolute atomic E-state index is 10.7. The standard InChI is InChI=1S/C9H12O2S/c1-6-4-5-9(12(10)11)8(3)7(6)2/h4-5H,1-3H3,(H,10,11)/p-1. The maximum Gasteiger partial charge on any atom is 0.0280 e. The minimum Gasteiger partial charge on any atom is -0.768 e. The Morgan fingerprint density at radius 3 is 2.25 bits per heavy atom. The molecule has 0 fully saturated rings. The Labute approximate surface area is 74.9 Å². The highest BCUT2D eigenvalue weighted by Gasteiger charge is 2.02. The summed E-state index contributed by atoms with van der Waals surface area (Å²) in [6.45, 7) is 5.73. The van der Waals surface area contributed by atoms with Gasteiger partial charge in [-0.1, -0.05) is 6.07 Å². The molecule has 0 N–H and O–H groups in total. The Morgan fingerprint density at radius 2 is 1.75 bits per heavy atom. The minimum atomic E-state index is -2.11. The second-order valence-corrected chi connectivity index (χ2v) is 3.77. The highest BCUT2D eigenvalue weighted by Crippen LogP contribution is 2.18. The van der Waals surface area contributed by atoms with Crippen molar-refractivity contribution in [3.63, 3.8) is 0 Å². The van der Waals surface area contributed by atoms with Crippen LogP contribution in [-0.4, -0.2) is 8.76 Å². The van der Waals surface area contributed by atoms with Crippen LogP contribution in [0.5, 0.6) is 0 Å². The summed E-state index contributed by atoms with van der Waals surface area (Å²) in [7, 11) is 0. The third kappa shape index (κ3) is 1.57. The van der Waals surface area contributed by atoms with E-state index in [4.69, 9.17) is 0 Å². The first-order chi connectivity index (χ1) is 5.54. The molecule has 0 aliphatic rings. The Bertz CT molecular complexity index is 332. The van der Waals surface area contributed by atoms with Gasteiger partial charge in [-0.05, 0) is 54.6 Å². The van der Waals surface area contributed by atoms with Crippen molar-refractivity contribution in [2.45, 2.75) is 25.7 Å². The second kappa shape index (κ2) is 3.37. The molecule has 0 heterocycles. The zero-order valence-electron chi connectivity index (χ0n) is 7.38.